The fraction of sp³-hybridized carbons (Fsp3) is 0.438. The van der Waals surface area contributed by atoms with E-state index in [2.05, 4.69) is 35.4 Å². The maximum Gasteiger partial charge on any atom is 0.0841 e. The zero-order valence-electron chi connectivity index (χ0n) is 12.1. The van der Waals surface area contributed by atoms with E-state index in [0.29, 0.717) is 6.61 Å². The summed E-state index contributed by atoms with van der Waals surface area (Å²) in [6.45, 7) is 5.01. The van der Waals surface area contributed by atoms with Crippen molar-refractivity contribution in [1.29, 1.82) is 0 Å². The molecule has 0 aliphatic rings. The van der Waals surface area contributed by atoms with Crippen molar-refractivity contribution < 1.29 is 4.74 Å². The number of para-hydroxylation sites is 1. The van der Waals surface area contributed by atoms with Crippen molar-refractivity contribution in [3.8, 4) is 11.8 Å². The van der Waals surface area contributed by atoms with Crippen molar-refractivity contribution in [2.24, 2.45) is 0 Å². The summed E-state index contributed by atoms with van der Waals surface area (Å²) in [6.07, 6.45) is 0.832. The van der Waals surface area contributed by atoms with E-state index in [0.717, 1.165) is 31.7 Å². The fourth-order valence-electron chi connectivity index (χ4n) is 2.17. The van der Waals surface area contributed by atoms with E-state index in [1.165, 1.54) is 10.9 Å². The Bertz CT molecular complexity index is 607. The van der Waals surface area contributed by atoms with Crippen molar-refractivity contribution in [3.05, 3.63) is 30.0 Å². The molecule has 2 rings (SSSR count). The lowest BCUT2D eigenvalue weighted by molar-refractivity contribution is 0.199. The first-order valence-electron chi connectivity index (χ1n) is 6.90. The summed E-state index contributed by atoms with van der Waals surface area (Å²) in [5, 5.41) is 9.26. The largest absolute Gasteiger partial charge is 0.383 e. The third kappa shape index (κ3) is 3.60. The van der Waals surface area contributed by atoms with Crippen molar-refractivity contribution >= 4 is 10.9 Å². The highest BCUT2D eigenvalue weighted by molar-refractivity contribution is 5.81. The van der Waals surface area contributed by atoms with Gasteiger partial charge in [0.2, 0.25) is 0 Å². The van der Waals surface area contributed by atoms with Crippen LogP contribution in [0.15, 0.2) is 24.3 Å². The third-order valence-electron chi connectivity index (χ3n) is 3.14. The van der Waals surface area contributed by atoms with Crippen LogP contribution in [0.2, 0.25) is 0 Å². The van der Waals surface area contributed by atoms with Gasteiger partial charge in [-0.1, -0.05) is 18.2 Å². The number of rotatable bonds is 7. The minimum atomic E-state index is 0.713. The first kappa shape index (κ1) is 14.6. The van der Waals surface area contributed by atoms with Gasteiger partial charge in [-0.3, -0.25) is 4.68 Å². The first-order chi connectivity index (χ1) is 9.86. The molecule has 4 heteroatoms. The molecule has 1 aromatic carbocycles. The molecule has 4 nitrogen and oxygen atoms in total. The van der Waals surface area contributed by atoms with Crippen LogP contribution in [-0.4, -0.2) is 30.0 Å². The molecule has 0 aliphatic heterocycles. The molecule has 0 bridgehead atoms. The molecule has 0 saturated heterocycles. The topological polar surface area (TPSA) is 39.1 Å². The summed E-state index contributed by atoms with van der Waals surface area (Å²) in [5.74, 6) is 6.01. The van der Waals surface area contributed by atoms with Crippen molar-refractivity contribution in [2.75, 3.05) is 20.3 Å². The van der Waals surface area contributed by atoms with E-state index in [1.54, 1.807) is 7.11 Å². The average molecular weight is 271 g/mol. The van der Waals surface area contributed by atoms with Crippen LogP contribution < -0.4 is 5.32 Å². The van der Waals surface area contributed by atoms with Crippen LogP contribution in [0, 0.1) is 11.8 Å². The minimum Gasteiger partial charge on any atom is -0.383 e. The Kier molecular flexibility index (Phi) is 5.60. The molecular weight excluding hydrogens is 250 g/mol. The van der Waals surface area contributed by atoms with Crippen LogP contribution in [-0.2, 0) is 17.8 Å². The highest BCUT2D eigenvalue weighted by Gasteiger charge is 2.08. The second kappa shape index (κ2) is 7.68. The van der Waals surface area contributed by atoms with Gasteiger partial charge in [0, 0.05) is 32.0 Å². The van der Waals surface area contributed by atoms with Gasteiger partial charge in [0.15, 0.2) is 0 Å². The summed E-state index contributed by atoms with van der Waals surface area (Å²) in [5.41, 5.74) is 2.26. The van der Waals surface area contributed by atoms with Crippen LogP contribution in [0.25, 0.3) is 10.9 Å². The van der Waals surface area contributed by atoms with Crippen molar-refractivity contribution in [3.63, 3.8) is 0 Å². The quantitative estimate of drug-likeness (QED) is 0.620. The number of hydrogen-bond donors (Lipinski definition) is 1. The minimum absolute atomic E-state index is 0.713. The molecule has 0 unspecified atom stereocenters. The van der Waals surface area contributed by atoms with Crippen LogP contribution in [0.4, 0.5) is 0 Å². The Morgan fingerprint density at radius 3 is 3.00 bits per heavy atom. The van der Waals surface area contributed by atoms with E-state index in [-0.39, 0.29) is 0 Å². The predicted molar refractivity (Wildman–Crippen MR) is 81.4 cm³/mol. The van der Waals surface area contributed by atoms with Gasteiger partial charge < -0.3 is 10.1 Å². The number of nitrogens with zero attached hydrogens (tertiary/aromatic N) is 2. The molecule has 0 saturated carbocycles. The summed E-state index contributed by atoms with van der Waals surface area (Å²) in [4.78, 5) is 0. The molecule has 0 aliphatic carbocycles. The molecule has 1 aromatic heterocycles. The summed E-state index contributed by atoms with van der Waals surface area (Å²) >= 11 is 0. The van der Waals surface area contributed by atoms with Crippen molar-refractivity contribution in [1.82, 2.24) is 15.1 Å². The Hall–Kier alpha value is -1.83. The van der Waals surface area contributed by atoms with Gasteiger partial charge in [-0.05, 0) is 13.0 Å². The van der Waals surface area contributed by atoms with Gasteiger partial charge in [0.1, 0.15) is 0 Å². The molecule has 1 N–H and O–H groups in total. The molecule has 1 heterocycles. The van der Waals surface area contributed by atoms with Gasteiger partial charge in [-0.25, -0.2) is 0 Å². The zero-order valence-corrected chi connectivity index (χ0v) is 12.1. The monoisotopic (exact) mass is 271 g/mol. The Labute approximate surface area is 120 Å². The summed E-state index contributed by atoms with van der Waals surface area (Å²) < 4.78 is 7.08. The predicted octanol–water partition coefficient (Wildman–Crippen LogP) is 2.19. The molecule has 0 fully saturated rings. The molecule has 0 amide bonds. The Morgan fingerprint density at radius 1 is 1.35 bits per heavy atom. The lowest BCUT2D eigenvalue weighted by Gasteiger charge is -2.01. The lowest BCUT2D eigenvalue weighted by atomic mass is 10.2. The van der Waals surface area contributed by atoms with E-state index >= 15 is 0 Å². The molecule has 2 aromatic rings. The third-order valence-corrected chi connectivity index (χ3v) is 3.14. The van der Waals surface area contributed by atoms with Gasteiger partial charge in [-0.2, -0.15) is 5.10 Å². The van der Waals surface area contributed by atoms with Crippen LogP contribution in [0.1, 0.15) is 19.0 Å². The van der Waals surface area contributed by atoms with Gasteiger partial charge >= 0.3 is 0 Å². The standard InChI is InChI=1S/C16H21N3O/c1-3-4-7-11-19-16-9-6-5-8-14(16)15(18-19)13-17-10-12-20-2/h5-6,8-9,17H,7,10-13H2,1-2H3. The molecular formula is C16H21N3O. The van der Waals surface area contributed by atoms with E-state index in [1.807, 2.05) is 17.7 Å². The average Bonchev–Trinajstić information content (AvgIpc) is 2.83. The number of aromatic nitrogens is 2. The number of ether oxygens (including phenoxy) is 1. The molecule has 0 radical (unpaired) electrons. The number of benzene rings is 1. The number of hydrogen-bond acceptors (Lipinski definition) is 3. The zero-order chi connectivity index (χ0) is 14.2. The molecule has 20 heavy (non-hydrogen) atoms. The van der Waals surface area contributed by atoms with Gasteiger partial charge in [0.05, 0.1) is 24.4 Å². The Balaban J connectivity index is 2.14. The highest BCUT2D eigenvalue weighted by Crippen LogP contribution is 2.18. The maximum absolute atomic E-state index is 5.03. The normalized spacial score (nSPS) is 10.5. The molecule has 0 spiro atoms. The highest BCUT2D eigenvalue weighted by atomic mass is 16.5. The summed E-state index contributed by atoms with van der Waals surface area (Å²) in [7, 11) is 1.71. The second-order valence-electron chi connectivity index (χ2n) is 4.53. The number of fused-ring (bicyclic) bond motifs is 1. The lowest BCUT2D eigenvalue weighted by Crippen LogP contribution is -2.19. The van der Waals surface area contributed by atoms with Gasteiger partial charge in [0.25, 0.3) is 0 Å². The molecule has 0 atom stereocenters. The van der Waals surface area contributed by atoms with Gasteiger partial charge in [-0.15, -0.1) is 11.8 Å². The maximum atomic E-state index is 5.03. The smallest absolute Gasteiger partial charge is 0.0841 e. The van der Waals surface area contributed by atoms with E-state index in [9.17, 15) is 0 Å². The number of aryl methyl sites for hydroxylation is 1. The second-order valence-corrected chi connectivity index (χ2v) is 4.53. The van der Waals surface area contributed by atoms with Crippen molar-refractivity contribution in [2.45, 2.75) is 26.4 Å². The summed E-state index contributed by atoms with van der Waals surface area (Å²) in [6, 6.07) is 8.34. The van der Waals surface area contributed by atoms with E-state index in [4.69, 9.17) is 9.84 Å². The van der Waals surface area contributed by atoms with Crippen LogP contribution in [0.3, 0.4) is 0 Å². The first-order valence-corrected chi connectivity index (χ1v) is 6.90. The Morgan fingerprint density at radius 2 is 2.20 bits per heavy atom. The number of methoxy groups -OCH3 is 1. The fourth-order valence-corrected chi connectivity index (χ4v) is 2.17. The number of nitrogens with one attached hydrogen (secondary N) is 1. The SMILES string of the molecule is CC#CCCn1nc(CNCCOC)c2ccccc21. The molecule has 106 valence electrons. The van der Waals surface area contributed by atoms with Crippen LogP contribution in [0.5, 0.6) is 0 Å². The van der Waals surface area contributed by atoms with E-state index < -0.39 is 0 Å². The van der Waals surface area contributed by atoms with Crippen LogP contribution >= 0.6 is 0 Å².